The van der Waals surface area contributed by atoms with E-state index in [0.29, 0.717) is 12.6 Å². The molecule has 0 aliphatic carbocycles. The zero-order valence-corrected chi connectivity index (χ0v) is 18.8. The number of nitrogens with zero attached hydrogens (tertiary/aromatic N) is 3. The summed E-state index contributed by atoms with van der Waals surface area (Å²) >= 11 is 1.72. The highest BCUT2D eigenvalue weighted by Crippen LogP contribution is 2.35. The molecule has 1 aliphatic rings. The van der Waals surface area contributed by atoms with Crippen LogP contribution in [0.1, 0.15) is 12.5 Å². The lowest BCUT2D eigenvalue weighted by atomic mass is 10.1. The van der Waals surface area contributed by atoms with E-state index < -0.39 is 0 Å². The van der Waals surface area contributed by atoms with Crippen LogP contribution < -0.4 is 10.6 Å². The maximum absolute atomic E-state index is 4.47. The zero-order chi connectivity index (χ0) is 21.6. The van der Waals surface area contributed by atoms with Gasteiger partial charge in [-0.05, 0) is 29.7 Å². The number of aromatic nitrogens is 2. The molecule has 0 bridgehead atoms. The SMILES string of the molecule is C=C/C=C(\C=C)CNc1ncnc2cc(-c3ccc(CN4CCNCC4C)cc3)sc12. The minimum Gasteiger partial charge on any atom is -0.365 e. The quantitative estimate of drug-likeness (QED) is 0.499. The monoisotopic (exact) mass is 431 g/mol. The average molecular weight is 432 g/mol. The Morgan fingerprint density at radius 3 is 2.87 bits per heavy atom. The van der Waals surface area contributed by atoms with Gasteiger partial charge < -0.3 is 10.6 Å². The third-order valence-corrected chi connectivity index (χ3v) is 6.81. The number of benzene rings is 1. The number of piperazine rings is 1. The van der Waals surface area contributed by atoms with Crippen LogP contribution in [-0.4, -0.2) is 47.1 Å². The van der Waals surface area contributed by atoms with Crippen LogP contribution in [0.5, 0.6) is 0 Å². The maximum atomic E-state index is 4.47. The van der Waals surface area contributed by atoms with E-state index in [2.05, 4.69) is 75.9 Å². The predicted molar refractivity (Wildman–Crippen MR) is 133 cm³/mol. The minimum absolute atomic E-state index is 0.573. The number of hydrogen-bond donors (Lipinski definition) is 2. The third kappa shape index (κ3) is 5.10. The van der Waals surface area contributed by atoms with Gasteiger partial charge in [0.1, 0.15) is 12.1 Å². The second-order valence-electron chi connectivity index (χ2n) is 7.80. The number of fused-ring (bicyclic) bond motifs is 1. The molecule has 1 aliphatic heterocycles. The molecule has 6 heteroatoms. The Bertz CT molecular complexity index is 1080. The minimum atomic E-state index is 0.573. The standard InChI is InChI=1S/C25H29N5S/c1-4-6-19(5-2)15-27-25-24-22(28-17-29-25)13-23(31-24)21-9-7-20(8-10-21)16-30-12-11-26-14-18(30)3/h4-10,13,17-18,26H,1-2,11-12,14-16H2,3H3,(H,27,28,29)/b19-6+. The number of hydrogen-bond acceptors (Lipinski definition) is 6. The van der Waals surface area contributed by atoms with Crippen molar-refractivity contribution in [3.8, 4) is 10.4 Å². The van der Waals surface area contributed by atoms with Crippen LogP contribution in [0.25, 0.3) is 20.7 Å². The molecule has 0 spiro atoms. The fourth-order valence-electron chi connectivity index (χ4n) is 3.79. The largest absolute Gasteiger partial charge is 0.365 e. The Labute approximate surface area is 188 Å². The number of rotatable bonds is 8. The summed E-state index contributed by atoms with van der Waals surface area (Å²) in [7, 11) is 0. The van der Waals surface area contributed by atoms with Crippen LogP contribution in [0, 0.1) is 0 Å². The van der Waals surface area contributed by atoms with Crippen molar-refractivity contribution in [2.24, 2.45) is 0 Å². The fraction of sp³-hybridized carbons (Fsp3) is 0.280. The molecule has 0 amide bonds. The number of nitrogens with one attached hydrogen (secondary N) is 2. The van der Waals surface area contributed by atoms with Gasteiger partial charge in [-0.2, -0.15) is 0 Å². The van der Waals surface area contributed by atoms with E-state index in [0.717, 1.165) is 47.8 Å². The molecule has 3 aromatic rings. The van der Waals surface area contributed by atoms with Crippen molar-refractivity contribution in [2.45, 2.75) is 19.5 Å². The Kier molecular flexibility index (Phi) is 6.92. The van der Waals surface area contributed by atoms with Crippen molar-refractivity contribution in [1.29, 1.82) is 0 Å². The van der Waals surface area contributed by atoms with E-state index in [1.54, 1.807) is 23.7 Å². The lowest BCUT2D eigenvalue weighted by Gasteiger charge is -2.33. The van der Waals surface area contributed by atoms with Gasteiger partial charge in [0.15, 0.2) is 0 Å². The molecule has 1 unspecified atom stereocenters. The Morgan fingerprint density at radius 1 is 1.29 bits per heavy atom. The molecule has 4 rings (SSSR count). The van der Waals surface area contributed by atoms with Crippen LogP contribution in [0.4, 0.5) is 5.82 Å². The smallest absolute Gasteiger partial charge is 0.147 e. The average Bonchev–Trinajstić information content (AvgIpc) is 3.24. The molecular weight excluding hydrogens is 402 g/mol. The topological polar surface area (TPSA) is 53.1 Å². The number of anilines is 1. The van der Waals surface area contributed by atoms with Crippen molar-refractivity contribution in [1.82, 2.24) is 20.2 Å². The normalized spacial score (nSPS) is 17.6. The summed E-state index contributed by atoms with van der Waals surface area (Å²) in [6.45, 7) is 14.8. The van der Waals surface area contributed by atoms with Crippen molar-refractivity contribution in [3.05, 3.63) is 79.2 Å². The summed E-state index contributed by atoms with van der Waals surface area (Å²) in [5, 5.41) is 6.86. The van der Waals surface area contributed by atoms with Gasteiger partial charge in [-0.3, -0.25) is 4.90 Å². The first-order chi connectivity index (χ1) is 15.2. The van der Waals surface area contributed by atoms with Gasteiger partial charge in [0.2, 0.25) is 0 Å². The molecule has 0 radical (unpaired) electrons. The first-order valence-electron chi connectivity index (χ1n) is 10.6. The lowest BCUT2D eigenvalue weighted by Crippen LogP contribution is -2.49. The number of thiophene rings is 1. The van der Waals surface area contributed by atoms with Gasteiger partial charge in [-0.25, -0.2) is 9.97 Å². The van der Waals surface area contributed by atoms with Crippen LogP contribution in [0.3, 0.4) is 0 Å². The van der Waals surface area contributed by atoms with Crippen LogP contribution >= 0.6 is 11.3 Å². The highest BCUT2D eigenvalue weighted by Gasteiger charge is 2.18. The molecule has 1 fully saturated rings. The third-order valence-electron chi connectivity index (χ3n) is 5.63. The van der Waals surface area contributed by atoms with Gasteiger partial charge in [0, 0.05) is 43.6 Å². The first kappa shape index (κ1) is 21.4. The van der Waals surface area contributed by atoms with Crippen molar-refractivity contribution < 1.29 is 0 Å². The summed E-state index contributed by atoms with van der Waals surface area (Å²) in [5.74, 6) is 0.849. The van der Waals surface area contributed by atoms with Gasteiger partial charge >= 0.3 is 0 Å². The Balaban J connectivity index is 1.51. The second kappa shape index (κ2) is 10.0. The summed E-state index contributed by atoms with van der Waals surface area (Å²) in [5.41, 5.74) is 4.59. The summed E-state index contributed by atoms with van der Waals surface area (Å²) in [6.07, 6.45) is 7.16. The predicted octanol–water partition coefficient (Wildman–Crippen LogP) is 4.86. The van der Waals surface area contributed by atoms with Gasteiger partial charge in [0.05, 0.1) is 10.2 Å². The Morgan fingerprint density at radius 2 is 2.13 bits per heavy atom. The molecule has 5 nitrogen and oxygen atoms in total. The molecular formula is C25H29N5S. The van der Waals surface area contributed by atoms with Crippen LogP contribution in [0.15, 0.2) is 73.6 Å². The molecule has 3 heterocycles. The van der Waals surface area contributed by atoms with E-state index in [1.165, 1.54) is 16.0 Å². The van der Waals surface area contributed by atoms with Gasteiger partial charge in [-0.15, -0.1) is 11.3 Å². The van der Waals surface area contributed by atoms with E-state index in [1.807, 2.05) is 12.2 Å². The zero-order valence-electron chi connectivity index (χ0n) is 18.0. The van der Waals surface area contributed by atoms with E-state index in [9.17, 15) is 0 Å². The lowest BCUT2D eigenvalue weighted by molar-refractivity contribution is 0.165. The first-order valence-corrected chi connectivity index (χ1v) is 11.5. The van der Waals surface area contributed by atoms with E-state index >= 15 is 0 Å². The molecule has 160 valence electrons. The van der Waals surface area contributed by atoms with Crippen molar-refractivity contribution in [2.75, 3.05) is 31.5 Å². The fourth-order valence-corrected chi connectivity index (χ4v) is 4.87. The summed E-state index contributed by atoms with van der Waals surface area (Å²) < 4.78 is 1.07. The number of allylic oxidation sites excluding steroid dienone is 2. The molecule has 31 heavy (non-hydrogen) atoms. The highest BCUT2D eigenvalue weighted by molar-refractivity contribution is 7.22. The summed E-state index contributed by atoms with van der Waals surface area (Å²) in [6, 6.07) is 11.6. The van der Waals surface area contributed by atoms with E-state index in [4.69, 9.17) is 0 Å². The molecule has 1 saturated heterocycles. The van der Waals surface area contributed by atoms with Crippen LogP contribution in [0.2, 0.25) is 0 Å². The second-order valence-corrected chi connectivity index (χ2v) is 8.85. The van der Waals surface area contributed by atoms with Crippen LogP contribution in [-0.2, 0) is 6.54 Å². The highest BCUT2D eigenvalue weighted by atomic mass is 32.1. The molecule has 1 aromatic carbocycles. The summed E-state index contributed by atoms with van der Waals surface area (Å²) in [4.78, 5) is 12.7. The molecule has 0 saturated carbocycles. The van der Waals surface area contributed by atoms with Crippen molar-refractivity contribution in [3.63, 3.8) is 0 Å². The Hall–Kier alpha value is -2.80. The van der Waals surface area contributed by atoms with Crippen molar-refractivity contribution >= 4 is 27.4 Å². The molecule has 2 aromatic heterocycles. The van der Waals surface area contributed by atoms with Gasteiger partial charge in [-0.1, -0.05) is 55.7 Å². The van der Waals surface area contributed by atoms with Gasteiger partial charge in [0.25, 0.3) is 0 Å². The molecule has 1 atom stereocenters. The van der Waals surface area contributed by atoms with E-state index in [-0.39, 0.29) is 0 Å². The maximum Gasteiger partial charge on any atom is 0.147 e. The molecule has 2 N–H and O–H groups in total.